The molecule has 0 aromatic heterocycles. The first-order chi connectivity index (χ1) is 24.7. The molecule has 0 saturated carbocycles. The molecule has 0 aliphatic heterocycles. The molecule has 0 spiro atoms. The van der Waals surface area contributed by atoms with Crippen LogP contribution in [0.5, 0.6) is 11.5 Å². The van der Waals surface area contributed by atoms with Crippen molar-refractivity contribution in [3.8, 4) is 11.5 Å². The first kappa shape index (κ1) is 43.7. The predicted octanol–water partition coefficient (Wildman–Crippen LogP) is 8.24. The quantitative estimate of drug-likeness (QED) is 0.0455. The third-order valence-electron chi connectivity index (χ3n) is 8.25. The number of benzene rings is 2. The number of non-ortho nitro benzene ring substituents is 1. The van der Waals surface area contributed by atoms with Crippen molar-refractivity contribution in [3.05, 3.63) is 89.0 Å². The van der Waals surface area contributed by atoms with E-state index in [0.29, 0.717) is 13.2 Å². The van der Waals surface area contributed by atoms with Gasteiger partial charge in [0.2, 0.25) is 0 Å². The molecule has 0 bridgehead atoms. The van der Waals surface area contributed by atoms with Gasteiger partial charge >= 0.3 is 6.09 Å². The molecule has 0 radical (unpaired) electrons. The number of hydrogen-bond acceptors (Lipinski definition) is 9. The Morgan fingerprint density at radius 1 is 0.981 bits per heavy atom. The highest BCUT2D eigenvalue weighted by Gasteiger charge is 2.32. The monoisotopic (exact) mass is 725 g/mol. The molecular formula is C40H59N3O9. The average molecular weight is 726 g/mol. The first-order valence-electron chi connectivity index (χ1n) is 17.9. The summed E-state index contributed by atoms with van der Waals surface area (Å²) < 4.78 is 29.1. The fourth-order valence-corrected chi connectivity index (χ4v) is 5.33. The number of hydrogen-bond donors (Lipinski definition) is 0. The molecule has 3 atom stereocenters. The first-order valence-corrected chi connectivity index (χ1v) is 17.9. The van der Waals surface area contributed by atoms with Crippen LogP contribution in [0.3, 0.4) is 0 Å². The van der Waals surface area contributed by atoms with E-state index in [1.165, 1.54) is 23.1 Å². The van der Waals surface area contributed by atoms with E-state index in [0.717, 1.165) is 43.4 Å². The number of unbranched alkanes of at least 4 members (excludes halogenated alkanes) is 4. The van der Waals surface area contributed by atoms with Gasteiger partial charge < -0.3 is 33.5 Å². The summed E-state index contributed by atoms with van der Waals surface area (Å²) in [5.41, 5.74) is 0.121. The number of nitrogens with zero attached hydrogens (tertiary/aromatic N) is 3. The van der Waals surface area contributed by atoms with Crippen molar-refractivity contribution < 1.29 is 38.2 Å². The Labute approximate surface area is 309 Å². The zero-order valence-electron chi connectivity index (χ0n) is 32.1. The summed E-state index contributed by atoms with van der Waals surface area (Å²) in [5.74, 6) is 0.252. The number of rotatable bonds is 24. The van der Waals surface area contributed by atoms with Crippen LogP contribution in [-0.2, 0) is 20.8 Å². The van der Waals surface area contributed by atoms with Gasteiger partial charge in [-0.3, -0.25) is 14.9 Å². The summed E-state index contributed by atoms with van der Waals surface area (Å²) >= 11 is 0. The third-order valence-corrected chi connectivity index (χ3v) is 8.25. The van der Waals surface area contributed by atoms with Crippen LogP contribution in [0.2, 0.25) is 0 Å². The lowest BCUT2D eigenvalue weighted by Gasteiger charge is -2.36. The van der Waals surface area contributed by atoms with Crippen molar-refractivity contribution in [2.75, 3.05) is 47.1 Å². The van der Waals surface area contributed by atoms with Gasteiger partial charge in [-0.15, -0.1) is 13.2 Å². The minimum atomic E-state index is -0.678. The highest BCUT2D eigenvalue weighted by molar-refractivity contribution is 5.98. The molecular weight excluding hydrogens is 666 g/mol. The standard InChI is InChI=1S/C40H59N3O9/c1-10-12-13-14-15-16-24-51-36-22-19-33(43(46)47)25-35(36)38(44)42(31(4)28-49-29-32-17-20-34(48-9)21-18-32)26-30(3)37(50-23-11-2)27-41(8)39(45)52-40(5,6)7/h10-11,17-22,25,30-31,37H,1-2,12-16,23-24,26-29H2,3-9H3/t30-,31+,37+/m1/s1. The van der Waals surface area contributed by atoms with Gasteiger partial charge in [-0.1, -0.05) is 44.1 Å². The molecule has 0 heterocycles. The number of methoxy groups -OCH3 is 1. The molecule has 2 aromatic rings. The predicted molar refractivity (Wildman–Crippen MR) is 203 cm³/mol. The van der Waals surface area contributed by atoms with Gasteiger partial charge in [0.15, 0.2) is 0 Å². The van der Waals surface area contributed by atoms with Gasteiger partial charge in [0.1, 0.15) is 17.1 Å². The largest absolute Gasteiger partial charge is 0.497 e. The van der Waals surface area contributed by atoms with Crippen LogP contribution in [-0.4, -0.2) is 91.5 Å². The van der Waals surface area contributed by atoms with Gasteiger partial charge in [0.05, 0.1) is 62.7 Å². The van der Waals surface area contributed by atoms with Crippen molar-refractivity contribution in [2.45, 2.75) is 91.1 Å². The van der Waals surface area contributed by atoms with Gasteiger partial charge in [-0.05, 0) is 70.7 Å². The molecule has 2 rings (SSSR count). The summed E-state index contributed by atoms with van der Waals surface area (Å²) in [6.45, 7) is 18.1. The van der Waals surface area contributed by atoms with Gasteiger partial charge in [-0.25, -0.2) is 4.79 Å². The second kappa shape index (κ2) is 22.5. The summed E-state index contributed by atoms with van der Waals surface area (Å²) in [6, 6.07) is 11.1. The molecule has 2 aromatic carbocycles. The fourth-order valence-electron chi connectivity index (χ4n) is 5.33. The molecule has 0 unspecified atom stereocenters. The van der Waals surface area contributed by atoms with Crippen LogP contribution in [0.1, 0.15) is 82.6 Å². The molecule has 0 aliphatic rings. The molecule has 52 heavy (non-hydrogen) atoms. The van der Waals surface area contributed by atoms with E-state index in [1.54, 1.807) is 45.9 Å². The number of likely N-dealkylation sites (N-methyl/N-ethyl adjacent to an activating group) is 1. The molecule has 0 fully saturated rings. The van der Waals surface area contributed by atoms with Crippen molar-refractivity contribution in [3.63, 3.8) is 0 Å². The molecule has 288 valence electrons. The Hall–Kier alpha value is -4.42. The Kier molecular flexibility index (Phi) is 18.9. The Morgan fingerprint density at radius 2 is 1.67 bits per heavy atom. The Morgan fingerprint density at radius 3 is 2.29 bits per heavy atom. The summed E-state index contributed by atoms with van der Waals surface area (Å²) in [6.07, 6.45) is 7.24. The maximum atomic E-state index is 14.6. The maximum absolute atomic E-state index is 14.6. The van der Waals surface area contributed by atoms with Crippen LogP contribution in [0.4, 0.5) is 10.5 Å². The van der Waals surface area contributed by atoms with Crippen LogP contribution in [0, 0.1) is 16.0 Å². The van der Waals surface area contributed by atoms with Gasteiger partial charge in [0.25, 0.3) is 11.6 Å². The number of carbonyl (C=O) groups excluding carboxylic acids is 2. The van der Waals surface area contributed by atoms with Gasteiger partial charge in [0, 0.05) is 31.6 Å². The van der Waals surface area contributed by atoms with Crippen LogP contribution < -0.4 is 9.47 Å². The highest BCUT2D eigenvalue weighted by atomic mass is 16.6. The van der Waals surface area contributed by atoms with E-state index in [4.69, 9.17) is 23.7 Å². The van der Waals surface area contributed by atoms with Crippen molar-refractivity contribution in [2.24, 2.45) is 5.92 Å². The Balaban J connectivity index is 2.40. The van der Waals surface area contributed by atoms with Crippen LogP contribution >= 0.6 is 0 Å². The van der Waals surface area contributed by atoms with E-state index >= 15 is 0 Å². The van der Waals surface area contributed by atoms with E-state index in [-0.39, 0.29) is 49.2 Å². The van der Waals surface area contributed by atoms with E-state index in [9.17, 15) is 19.7 Å². The van der Waals surface area contributed by atoms with Gasteiger partial charge in [-0.2, -0.15) is 0 Å². The lowest BCUT2D eigenvalue weighted by atomic mass is 10.0. The van der Waals surface area contributed by atoms with Crippen LogP contribution in [0.25, 0.3) is 0 Å². The molecule has 12 nitrogen and oxygen atoms in total. The lowest BCUT2D eigenvalue weighted by molar-refractivity contribution is -0.384. The summed E-state index contributed by atoms with van der Waals surface area (Å²) in [4.78, 5) is 41.8. The fraction of sp³-hybridized carbons (Fsp3) is 0.550. The number of amides is 2. The van der Waals surface area contributed by atoms with Crippen molar-refractivity contribution >= 4 is 17.7 Å². The molecule has 12 heteroatoms. The maximum Gasteiger partial charge on any atom is 0.410 e. The molecule has 2 amide bonds. The molecule has 0 saturated heterocycles. The zero-order valence-corrected chi connectivity index (χ0v) is 32.1. The highest BCUT2D eigenvalue weighted by Crippen LogP contribution is 2.28. The second-order valence-electron chi connectivity index (χ2n) is 13.9. The lowest BCUT2D eigenvalue weighted by Crippen LogP contribution is -2.48. The minimum Gasteiger partial charge on any atom is -0.497 e. The average Bonchev–Trinajstić information content (AvgIpc) is 3.10. The minimum absolute atomic E-state index is 0.0875. The second-order valence-corrected chi connectivity index (χ2v) is 13.9. The third kappa shape index (κ3) is 15.4. The number of carbonyl (C=O) groups is 2. The summed E-state index contributed by atoms with van der Waals surface area (Å²) in [5, 5.41) is 11.8. The number of ether oxygens (including phenoxy) is 5. The summed E-state index contributed by atoms with van der Waals surface area (Å²) in [7, 11) is 3.24. The number of nitro groups is 1. The molecule has 0 N–H and O–H groups in total. The Bertz CT molecular complexity index is 1420. The van der Waals surface area contributed by atoms with E-state index in [2.05, 4.69) is 13.2 Å². The topological polar surface area (TPSA) is 130 Å². The smallest absolute Gasteiger partial charge is 0.410 e. The molecule has 0 aliphatic carbocycles. The van der Waals surface area contributed by atoms with E-state index < -0.39 is 34.7 Å². The van der Waals surface area contributed by atoms with Crippen molar-refractivity contribution in [1.82, 2.24) is 9.80 Å². The SMILES string of the molecule is C=CCCCCCCOc1ccc([N+](=O)[O-])cc1C(=O)N(C[C@@H](C)[C@H](CN(C)C(=O)OC(C)(C)C)OCC=C)[C@@H](C)COCc1ccc(OC)cc1. The number of nitro benzene ring substituents is 1. The zero-order chi connectivity index (χ0) is 38.7. The van der Waals surface area contributed by atoms with Crippen molar-refractivity contribution in [1.29, 1.82) is 0 Å². The van der Waals surface area contributed by atoms with E-state index in [1.807, 2.05) is 44.2 Å². The number of allylic oxidation sites excluding steroid dienone is 1. The normalized spacial score (nSPS) is 13.0. The van der Waals surface area contributed by atoms with Crippen LogP contribution in [0.15, 0.2) is 67.8 Å².